The topological polar surface area (TPSA) is 94.8 Å². The highest BCUT2D eigenvalue weighted by Gasteiger charge is 2.25. The number of carbonyl (C=O) groups excluding carboxylic acids is 1. The lowest BCUT2D eigenvalue weighted by Crippen LogP contribution is -2.40. The Labute approximate surface area is 138 Å². The quantitative estimate of drug-likeness (QED) is 0.906. The van der Waals surface area contributed by atoms with Crippen LogP contribution in [0.15, 0.2) is 18.6 Å². The Kier molecular flexibility index (Phi) is 4.71. The second kappa shape index (κ2) is 6.91. The van der Waals surface area contributed by atoms with Gasteiger partial charge in [-0.3, -0.25) is 9.48 Å². The van der Waals surface area contributed by atoms with Gasteiger partial charge < -0.3 is 10.1 Å². The summed E-state index contributed by atoms with van der Waals surface area (Å²) in [5, 5.41) is 11.0. The van der Waals surface area contributed by atoms with Crippen molar-refractivity contribution in [3.63, 3.8) is 0 Å². The van der Waals surface area contributed by atoms with E-state index in [2.05, 4.69) is 25.6 Å². The summed E-state index contributed by atoms with van der Waals surface area (Å²) in [6.45, 7) is 0. The molecule has 9 heteroatoms. The molecule has 2 aromatic heterocycles. The molecule has 3 rings (SSSR count). The number of carbonyl (C=O) groups is 1. The van der Waals surface area contributed by atoms with Gasteiger partial charge in [-0.1, -0.05) is 16.8 Å². The average molecular weight is 337 g/mol. The Morgan fingerprint density at radius 3 is 2.61 bits per heavy atom. The van der Waals surface area contributed by atoms with Gasteiger partial charge >= 0.3 is 6.01 Å². The molecule has 0 radical (unpaired) electrons. The molecule has 2 aromatic rings. The average Bonchev–Trinajstić information content (AvgIpc) is 2.98. The van der Waals surface area contributed by atoms with Crippen LogP contribution in [-0.4, -0.2) is 43.0 Å². The van der Waals surface area contributed by atoms with Gasteiger partial charge in [0, 0.05) is 13.1 Å². The van der Waals surface area contributed by atoms with Crippen LogP contribution >= 0.6 is 11.6 Å². The zero-order valence-electron chi connectivity index (χ0n) is 12.6. The normalized spacial score (nSPS) is 21.0. The number of aromatic nitrogens is 5. The molecule has 1 fully saturated rings. The Morgan fingerprint density at radius 2 is 2.00 bits per heavy atom. The first-order chi connectivity index (χ1) is 11.1. The molecular formula is C14H17ClN6O2. The van der Waals surface area contributed by atoms with Gasteiger partial charge in [-0.15, -0.1) is 5.10 Å². The molecule has 0 bridgehead atoms. The summed E-state index contributed by atoms with van der Waals surface area (Å²) in [5.74, 6) is -0.191. The van der Waals surface area contributed by atoms with E-state index in [9.17, 15) is 4.79 Å². The van der Waals surface area contributed by atoms with Gasteiger partial charge in [-0.05, 0) is 25.7 Å². The lowest BCUT2D eigenvalue weighted by atomic mass is 9.93. The largest absolute Gasteiger partial charge is 0.460 e. The molecule has 122 valence electrons. The minimum atomic E-state index is -0.191. The maximum Gasteiger partial charge on any atom is 0.316 e. The molecule has 2 heterocycles. The first-order valence-corrected chi connectivity index (χ1v) is 7.79. The predicted molar refractivity (Wildman–Crippen MR) is 82.2 cm³/mol. The van der Waals surface area contributed by atoms with Gasteiger partial charge in [-0.2, -0.15) is 0 Å². The van der Waals surface area contributed by atoms with E-state index in [1.165, 1.54) is 17.1 Å². The molecular weight excluding hydrogens is 320 g/mol. The van der Waals surface area contributed by atoms with Crippen LogP contribution in [0, 0.1) is 0 Å². The maximum atomic E-state index is 12.0. The van der Waals surface area contributed by atoms with E-state index in [1.54, 1.807) is 13.2 Å². The molecule has 0 spiro atoms. The van der Waals surface area contributed by atoms with Crippen LogP contribution in [0.5, 0.6) is 6.01 Å². The number of hydrogen-bond donors (Lipinski definition) is 1. The van der Waals surface area contributed by atoms with Crippen molar-refractivity contribution in [2.75, 3.05) is 0 Å². The predicted octanol–water partition coefficient (Wildman–Crippen LogP) is 1.38. The highest BCUT2D eigenvalue weighted by atomic mass is 35.5. The highest BCUT2D eigenvalue weighted by Crippen LogP contribution is 2.22. The molecule has 8 nitrogen and oxygen atoms in total. The van der Waals surface area contributed by atoms with Crippen molar-refractivity contribution in [2.24, 2.45) is 7.05 Å². The number of nitrogens with one attached hydrogen (secondary N) is 1. The monoisotopic (exact) mass is 336 g/mol. The summed E-state index contributed by atoms with van der Waals surface area (Å²) in [4.78, 5) is 20.1. The molecule has 0 atom stereocenters. The second-order valence-electron chi connectivity index (χ2n) is 5.53. The van der Waals surface area contributed by atoms with E-state index in [1.807, 2.05) is 0 Å². The number of amides is 1. The van der Waals surface area contributed by atoms with E-state index in [4.69, 9.17) is 16.3 Å². The van der Waals surface area contributed by atoms with Gasteiger partial charge in [-0.25, -0.2) is 9.97 Å². The molecule has 1 N–H and O–H groups in total. The molecule has 0 unspecified atom stereocenters. The fourth-order valence-electron chi connectivity index (χ4n) is 2.55. The minimum absolute atomic E-state index is 0.0563. The lowest BCUT2D eigenvalue weighted by Gasteiger charge is -2.28. The maximum absolute atomic E-state index is 12.0. The summed E-state index contributed by atoms with van der Waals surface area (Å²) >= 11 is 5.74. The van der Waals surface area contributed by atoms with Gasteiger partial charge in [0.25, 0.3) is 5.91 Å². The number of aryl methyl sites for hydroxylation is 1. The second-order valence-corrected chi connectivity index (χ2v) is 5.96. The Bertz CT molecular complexity index is 666. The Hall–Kier alpha value is -2.22. The first-order valence-electron chi connectivity index (χ1n) is 7.41. The SMILES string of the molecule is Cn1cc(C(=O)NC2CCC(Oc3ncc(Cl)cn3)CC2)nn1. The van der Waals surface area contributed by atoms with Gasteiger partial charge in [0.2, 0.25) is 0 Å². The molecule has 0 aliphatic heterocycles. The zero-order chi connectivity index (χ0) is 16.2. The smallest absolute Gasteiger partial charge is 0.316 e. The van der Waals surface area contributed by atoms with Crippen LogP contribution in [0.25, 0.3) is 0 Å². The van der Waals surface area contributed by atoms with Crippen LogP contribution in [-0.2, 0) is 7.05 Å². The molecule has 23 heavy (non-hydrogen) atoms. The van der Waals surface area contributed by atoms with E-state index in [-0.39, 0.29) is 18.1 Å². The van der Waals surface area contributed by atoms with Crippen LogP contribution in [0.2, 0.25) is 5.02 Å². The number of halogens is 1. The third kappa shape index (κ3) is 4.16. The van der Waals surface area contributed by atoms with Crippen molar-refractivity contribution in [1.82, 2.24) is 30.3 Å². The number of nitrogens with zero attached hydrogens (tertiary/aromatic N) is 5. The highest BCUT2D eigenvalue weighted by molar-refractivity contribution is 6.30. The molecule has 1 aliphatic rings. The molecule has 0 aromatic carbocycles. The summed E-state index contributed by atoms with van der Waals surface area (Å²) < 4.78 is 7.24. The number of hydrogen-bond acceptors (Lipinski definition) is 6. The third-order valence-corrected chi connectivity index (χ3v) is 3.91. The molecule has 0 saturated heterocycles. The molecule has 1 aliphatic carbocycles. The van der Waals surface area contributed by atoms with E-state index >= 15 is 0 Å². The lowest BCUT2D eigenvalue weighted by molar-refractivity contribution is 0.0880. The van der Waals surface area contributed by atoms with Crippen molar-refractivity contribution < 1.29 is 9.53 Å². The first kappa shape index (κ1) is 15.7. The fraction of sp³-hybridized carbons (Fsp3) is 0.500. The van der Waals surface area contributed by atoms with Crippen LogP contribution < -0.4 is 10.1 Å². The van der Waals surface area contributed by atoms with Crippen molar-refractivity contribution in [3.05, 3.63) is 29.3 Å². The van der Waals surface area contributed by atoms with Crippen LogP contribution in [0.3, 0.4) is 0 Å². The standard InChI is InChI=1S/C14H17ClN6O2/c1-21-8-12(19-20-21)13(22)18-10-2-4-11(5-3-10)23-14-16-6-9(15)7-17-14/h6-8,10-11H,2-5H2,1H3,(H,18,22). The number of rotatable bonds is 4. The van der Waals surface area contributed by atoms with Crippen LogP contribution in [0.1, 0.15) is 36.2 Å². The summed E-state index contributed by atoms with van der Waals surface area (Å²) in [7, 11) is 1.73. The molecule has 1 saturated carbocycles. The summed E-state index contributed by atoms with van der Waals surface area (Å²) in [6.07, 6.45) is 8.01. The molecule has 1 amide bonds. The van der Waals surface area contributed by atoms with Gasteiger partial charge in [0.1, 0.15) is 6.10 Å². The Balaban J connectivity index is 1.46. The van der Waals surface area contributed by atoms with E-state index in [0.717, 1.165) is 25.7 Å². The zero-order valence-corrected chi connectivity index (χ0v) is 13.4. The fourth-order valence-corrected chi connectivity index (χ4v) is 2.64. The third-order valence-electron chi connectivity index (χ3n) is 3.71. The van der Waals surface area contributed by atoms with Crippen molar-refractivity contribution >= 4 is 17.5 Å². The summed E-state index contributed by atoms with van der Waals surface area (Å²) in [5.41, 5.74) is 0.334. The minimum Gasteiger partial charge on any atom is -0.460 e. The van der Waals surface area contributed by atoms with Gasteiger partial charge in [0.15, 0.2) is 5.69 Å². The van der Waals surface area contributed by atoms with Crippen molar-refractivity contribution in [3.8, 4) is 6.01 Å². The van der Waals surface area contributed by atoms with Crippen LogP contribution in [0.4, 0.5) is 0 Å². The van der Waals surface area contributed by atoms with E-state index < -0.39 is 0 Å². The number of ether oxygens (including phenoxy) is 1. The van der Waals surface area contributed by atoms with Crippen molar-refractivity contribution in [2.45, 2.75) is 37.8 Å². The van der Waals surface area contributed by atoms with E-state index in [0.29, 0.717) is 16.7 Å². The summed E-state index contributed by atoms with van der Waals surface area (Å²) in [6, 6.07) is 0.455. The van der Waals surface area contributed by atoms with Gasteiger partial charge in [0.05, 0.1) is 23.6 Å². The van der Waals surface area contributed by atoms with Crippen molar-refractivity contribution in [1.29, 1.82) is 0 Å². The Morgan fingerprint density at radius 1 is 1.30 bits per heavy atom.